The molecule has 1 aromatic rings. The van der Waals surface area contributed by atoms with Crippen LogP contribution in [0, 0.1) is 5.92 Å². The predicted octanol–water partition coefficient (Wildman–Crippen LogP) is 4.00. The fourth-order valence-electron chi connectivity index (χ4n) is 2.47. The van der Waals surface area contributed by atoms with E-state index in [1.54, 1.807) is 6.07 Å². The summed E-state index contributed by atoms with van der Waals surface area (Å²) in [6, 6.07) is 7.44. The van der Waals surface area contributed by atoms with E-state index in [0.717, 1.165) is 24.0 Å². The second-order valence-corrected chi connectivity index (χ2v) is 4.87. The SMILES string of the molecule is O=C(O)/C=C(/c1cccc(Cl)c1)C1CCCC1. The maximum atomic E-state index is 10.9. The molecule has 17 heavy (non-hydrogen) atoms. The molecule has 0 heterocycles. The van der Waals surface area contributed by atoms with E-state index < -0.39 is 5.97 Å². The molecule has 0 aromatic heterocycles. The van der Waals surface area contributed by atoms with Crippen LogP contribution in [0.1, 0.15) is 31.2 Å². The van der Waals surface area contributed by atoms with Crippen molar-refractivity contribution in [3.63, 3.8) is 0 Å². The summed E-state index contributed by atoms with van der Waals surface area (Å²) in [4.78, 5) is 10.9. The topological polar surface area (TPSA) is 37.3 Å². The van der Waals surface area contributed by atoms with E-state index in [1.807, 2.05) is 18.2 Å². The Morgan fingerprint density at radius 3 is 2.65 bits per heavy atom. The average Bonchev–Trinajstić information content (AvgIpc) is 2.79. The Balaban J connectivity index is 2.36. The summed E-state index contributed by atoms with van der Waals surface area (Å²) < 4.78 is 0. The van der Waals surface area contributed by atoms with Crippen LogP contribution < -0.4 is 0 Å². The molecule has 0 amide bonds. The first-order valence-electron chi connectivity index (χ1n) is 5.87. The minimum Gasteiger partial charge on any atom is -0.478 e. The molecule has 1 aromatic carbocycles. The molecule has 0 aliphatic heterocycles. The zero-order chi connectivity index (χ0) is 12.3. The van der Waals surface area contributed by atoms with Gasteiger partial charge in [-0.2, -0.15) is 0 Å². The number of allylic oxidation sites excluding steroid dienone is 1. The summed E-state index contributed by atoms with van der Waals surface area (Å²) in [5.74, 6) is -0.517. The van der Waals surface area contributed by atoms with Crippen molar-refractivity contribution in [1.82, 2.24) is 0 Å². The summed E-state index contributed by atoms with van der Waals surface area (Å²) in [5.41, 5.74) is 1.85. The molecule has 0 saturated heterocycles. The van der Waals surface area contributed by atoms with Gasteiger partial charge in [-0.15, -0.1) is 0 Å². The van der Waals surface area contributed by atoms with Gasteiger partial charge in [0.25, 0.3) is 0 Å². The highest BCUT2D eigenvalue weighted by atomic mass is 35.5. The predicted molar refractivity (Wildman–Crippen MR) is 69.0 cm³/mol. The van der Waals surface area contributed by atoms with Crippen molar-refractivity contribution in [2.45, 2.75) is 25.7 Å². The second kappa shape index (κ2) is 5.37. The average molecular weight is 251 g/mol. The Hall–Kier alpha value is -1.28. The molecule has 1 N–H and O–H groups in total. The molecule has 0 radical (unpaired) electrons. The smallest absolute Gasteiger partial charge is 0.328 e. The van der Waals surface area contributed by atoms with Gasteiger partial charge in [0.2, 0.25) is 0 Å². The number of aliphatic carboxylic acids is 1. The van der Waals surface area contributed by atoms with Crippen molar-refractivity contribution >= 4 is 23.1 Å². The Kier molecular flexibility index (Phi) is 3.85. The Morgan fingerprint density at radius 1 is 1.35 bits per heavy atom. The molecular weight excluding hydrogens is 236 g/mol. The third-order valence-electron chi connectivity index (χ3n) is 3.23. The highest BCUT2D eigenvalue weighted by Gasteiger charge is 2.21. The van der Waals surface area contributed by atoms with Crippen molar-refractivity contribution in [1.29, 1.82) is 0 Å². The first-order chi connectivity index (χ1) is 8.16. The molecule has 1 fully saturated rings. The number of carboxylic acids is 1. The van der Waals surface area contributed by atoms with Crippen LogP contribution in [0.2, 0.25) is 5.02 Å². The molecule has 0 atom stereocenters. The van der Waals surface area contributed by atoms with Crippen LogP contribution in [0.3, 0.4) is 0 Å². The minimum absolute atomic E-state index is 0.365. The first-order valence-corrected chi connectivity index (χ1v) is 6.25. The largest absolute Gasteiger partial charge is 0.478 e. The molecule has 90 valence electrons. The van der Waals surface area contributed by atoms with Gasteiger partial charge in [-0.05, 0) is 42.0 Å². The van der Waals surface area contributed by atoms with Gasteiger partial charge < -0.3 is 5.11 Å². The van der Waals surface area contributed by atoms with E-state index in [0.29, 0.717) is 10.9 Å². The summed E-state index contributed by atoms with van der Waals surface area (Å²) in [5, 5.41) is 9.62. The maximum Gasteiger partial charge on any atom is 0.328 e. The molecule has 2 rings (SSSR count). The zero-order valence-corrected chi connectivity index (χ0v) is 10.3. The van der Waals surface area contributed by atoms with Crippen LogP contribution in [0.25, 0.3) is 5.57 Å². The molecule has 0 bridgehead atoms. The number of carboxylic acid groups (broad SMARTS) is 1. The van der Waals surface area contributed by atoms with Crippen molar-refractivity contribution in [2.75, 3.05) is 0 Å². The third-order valence-corrected chi connectivity index (χ3v) is 3.47. The van der Waals surface area contributed by atoms with Gasteiger partial charge in [-0.25, -0.2) is 4.79 Å². The molecule has 2 nitrogen and oxygen atoms in total. The monoisotopic (exact) mass is 250 g/mol. The molecule has 0 unspecified atom stereocenters. The van der Waals surface area contributed by atoms with Crippen LogP contribution in [-0.2, 0) is 4.79 Å². The molecule has 1 aliphatic rings. The highest BCUT2D eigenvalue weighted by molar-refractivity contribution is 6.30. The normalized spacial score (nSPS) is 17.4. The lowest BCUT2D eigenvalue weighted by atomic mass is 9.91. The van der Waals surface area contributed by atoms with Gasteiger partial charge in [0.05, 0.1) is 0 Å². The number of hydrogen-bond acceptors (Lipinski definition) is 1. The molecule has 3 heteroatoms. The van der Waals surface area contributed by atoms with Gasteiger partial charge in [0, 0.05) is 11.1 Å². The van der Waals surface area contributed by atoms with Gasteiger partial charge in [-0.3, -0.25) is 0 Å². The van der Waals surface area contributed by atoms with Gasteiger partial charge in [-0.1, -0.05) is 36.6 Å². The Morgan fingerprint density at radius 2 is 2.06 bits per heavy atom. The number of benzene rings is 1. The van der Waals surface area contributed by atoms with E-state index in [4.69, 9.17) is 16.7 Å². The highest BCUT2D eigenvalue weighted by Crippen LogP contribution is 2.37. The quantitative estimate of drug-likeness (QED) is 0.824. The number of rotatable bonds is 3. The summed E-state index contributed by atoms with van der Waals surface area (Å²) in [7, 11) is 0. The molecule has 1 aliphatic carbocycles. The van der Waals surface area contributed by atoms with E-state index in [1.165, 1.54) is 18.9 Å². The number of halogens is 1. The van der Waals surface area contributed by atoms with Crippen molar-refractivity contribution < 1.29 is 9.90 Å². The lowest BCUT2D eigenvalue weighted by Crippen LogP contribution is -2.02. The van der Waals surface area contributed by atoms with Crippen LogP contribution in [0.4, 0.5) is 0 Å². The molecule has 1 saturated carbocycles. The second-order valence-electron chi connectivity index (χ2n) is 4.43. The number of hydrogen-bond donors (Lipinski definition) is 1. The third kappa shape index (κ3) is 3.10. The van der Waals surface area contributed by atoms with Gasteiger partial charge in [0.1, 0.15) is 0 Å². The van der Waals surface area contributed by atoms with Crippen LogP contribution in [0.15, 0.2) is 30.3 Å². The van der Waals surface area contributed by atoms with E-state index in [9.17, 15) is 4.79 Å². The van der Waals surface area contributed by atoms with E-state index in [2.05, 4.69) is 0 Å². The molecular formula is C14H15ClO2. The van der Waals surface area contributed by atoms with Crippen LogP contribution in [0.5, 0.6) is 0 Å². The van der Waals surface area contributed by atoms with E-state index >= 15 is 0 Å². The van der Waals surface area contributed by atoms with Crippen molar-refractivity contribution in [3.05, 3.63) is 40.9 Å². The van der Waals surface area contributed by atoms with Crippen molar-refractivity contribution in [2.24, 2.45) is 5.92 Å². The fourth-order valence-corrected chi connectivity index (χ4v) is 2.67. The number of carbonyl (C=O) groups is 1. The van der Waals surface area contributed by atoms with Crippen molar-refractivity contribution in [3.8, 4) is 0 Å². The standard InChI is InChI=1S/C14H15ClO2/c15-12-7-3-6-11(8-12)13(9-14(16)17)10-4-1-2-5-10/h3,6-10H,1-2,4-5H2,(H,16,17)/b13-9+. The van der Waals surface area contributed by atoms with Gasteiger partial charge >= 0.3 is 5.97 Å². The zero-order valence-electron chi connectivity index (χ0n) is 9.53. The fraction of sp³-hybridized carbons (Fsp3) is 0.357. The van der Waals surface area contributed by atoms with Gasteiger partial charge in [0.15, 0.2) is 0 Å². The lowest BCUT2D eigenvalue weighted by Gasteiger charge is -2.14. The van der Waals surface area contributed by atoms with Crippen LogP contribution >= 0.6 is 11.6 Å². The Bertz CT molecular complexity index is 445. The maximum absolute atomic E-state index is 10.9. The van der Waals surface area contributed by atoms with E-state index in [-0.39, 0.29) is 0 Å². The minimum atomic E-state index is -0.883. The summed E-state index contributed by atoms with van der Waals surface area (Å²) >= 11 is 5.96. The first kappa shape index (κ1) is 12.2. The Labute approximate surface area is 106 Å². The summed E-state index contributed by atoms with van der Waals surface area (Å²) in [6.07, 6.45) is 5.85. The summed E-state index contributed by atoms with van der Waals surface area (Å²) in [6.45, 7) is 0. The lowest BCUT2D eigenvalue weighted by molar-refractivity contribution is -0.131. The van der Waals surface area contributed by atoms with Crippen LogP contribution in [-0.4, -0.2) is 11.1 Å². The molecule has 0 spiro atoms.